The molecule has 1 aliphatic carbocycles. The zero-order valence-corrected chi connectivity index (χ0v) is 12.7. The van der Waals surface area contributed by atoms with Crippen LogP contribution in [0.4, 0.5) is 0 Å². The Morgan fingerprint density at radius 2 is 2.19 bits per heavy atom. The van der Waals surface area contributed by atoms with E-state index in [1.807, 2.05) is 0 Å². The molecule has 1 unspecified atom stereocenters. The number of ether oxygens (including phenoxy) is 1. The van der Waals surface area contributed by atoms with E-state index in [-0.39, 0.29) is 12.0 Å². The van der Waals surface area contributed by atoms with Gasteiger partial charge >= 0.3 is 5.97 Å². The molecule has 0 bridgehead atoms. The van der Waals surface area contributed by atoms with Crippen LogP contribution in [-0.4, -0.2) is 44.2 Å². The fourth-order valence-corrected chi connectivity index (χ4v) is 3.13. The van der Waals surface area contributed by atoms with Crippen LogP contribution in [0.3, 0.4) is 0 Å². The van der Waals surface area contributed by atoms with Crippen LogP contribution in [0.15, 0.2) is 24.3 Å². The van der Waals surface area contributed by atoms with Crippen molar-refractivity contribution in [1.82, 2.24) is 10.2 Å². The van der Waals surface area contributed by atoms with Crippen molar-refractivity contribution in [3.8, 4) is 0 Å². The van der Waals surface area contributed by atoms with E-state index in [9.17, 15) is 4.79 Å². The SMILES string of the molecule is COC(=O)C(c1cccc(C2CC2)c1)N1CCCNCC1. The zero-order chi connectivity index (χ0) is 14.7. The van der Waals surface area contributed by atoms with Crippen molar-refractivity contribution >= 4 is 5.97 Å². The first-order chi connectivity index (χ1) is 10.3. The lowest BCUT2D eigenvalue weighted by molar-refractivity contribution is -0.147. The smallest absolute Gasteiger partial charge is 0.327 e. The summed E-state index contributed by atoms with van der Waals surface area (Å²) >= 11 is 0. The summed E-state index contributed by atoms with van der Waals surface area (Å²) in [6, 6.07) is 8.26. The van der Waals surface area contributed by atoms with E-state index in [1.54, 1.807) is 0 Å². The molecule has 1 saturated heterocycles. The number of rotatable bonds is 4. The highest BCUT2D eigenvalue weighted by Crippen LogP contribution is 2.41. The van der Waals surface area contributed by atoms with E-state index in [1.165, 1.54) is 25.5 Å². The number of carbonyl (C=O) groups excluding carboxylic acids is 1. The number of hydrogen-bond acceptors (Lipinski definition) is 4. The van der Waals surface area contributed by atoms with Crippen LogP contribution in [0.1, 0.15) is 42.3 Å². The number of carbonyl (C=O) groups is 1. The molecule has 1 atom stereocenters. The number of hydrogen-bond donors (Lipinski definition) is 1. The molecule has 2 aliphatic rings. The molecule has 1 N–H and O–H groups in total. The highest BCUT2D eigenvalue weighted by molar-refractivity contribution is 5.77. The molecule has 0 spiro atoms. The molecule has 1 aromatic rings. The lowest BCUT2D eigenvalue weighted by atomic mass is 10.00. The number of nitrogens with one attached hydrogen (secondary N) is 1. The second-order valence-electron chi connectivity index (χ2n) is 6.01. The lowest BCUT2D eigenvalue weighted by Crippen LogP contribution is -2.37. The van der Waals surface area contributed by atoms with Crippen molar-refractivity contribution < 1.29 is 9.53 Å². The Morgan fingerprint density at radius 1 is 1.33 bits per heavy atom. The standard InChI is InChI=1S/C17H24N2O2/c1-21-17(20)16(19-10-3-8-18-9-11-19)15-5-2-4-14(12-15)13-6-7-13/h2,4-5,12-13,16,18H,3,6-11H2,1H3. The van der Waals surface area contributed by atoms with Gasteiger partial charge in [0.2, 0.25) is 0 Å². The topological polar surface area (TPSA) is 41.6 Å². The number of benzene rings is 1. The van der Waals surface area contributed by atoms with Gasteiger partial charge in [-0.05, 0) is 42.9 Å². The zero-order valence-electron chi connectivity index (χ0n) is 12.7. The predicted octanol–water partition coefficient (Wildman–Crippen LogP) is 2.07. The van der Waals surface area contributed by atoms with E-state index >= 15 is 0 Å². The summed E-state index contributed by atoms with van der Waals surface area (Å²) in [7, 11) is 1.48. The van der Waals surface area contributed by atoms with Crippen LogP contribution in [-0.2, 0) is 9.53 Å². The van der Waals surface area contributed by atoms with E-state index in [4.69, 9.17) is 4.74 Å². The molecule has 2 fully saturated rings. The van der Waals surface area contributed by atoms with E-state index in [2.05, 4.69) is 34.5 Å². The van der Waals surface area contributed by atoms with E-state index in [0.717, 1.165) is 38.2 Å². The summed E-state index contributed by atoms with van der Waals surface area (Å²) in [6.45, 7) is 3.76. The van der Waals surface area contributed by atoms with Crippen molar-refractivity contribution in [2.45, 2.75) is 31.2 Å². The fraction of sp³-hybridized carbons (Fsp3) is 0.588. The molecule has 3 rings (SSSR count). The molecule has 1 saturated carbocycles. The molecular formula is C17H24N2O2. The maximum Gasteiger partial charge on any atom is 0.327 e. The van der Waals surface area contributed by atoms with Crippen LogP contribution >= 0.6 is 0 Å². The van der Waals surface area contributed by atoms with E-state index in [0.29, 0.717) is 5.92 Å². The molecule has 4 nitrogen and oxygen atoms in total. The summed E-state index contributed by atoms with van der Waals surface area (Å²) in [4.78, 5) is 14.6. The minimum Gasteiger partial charge on any atom is -0.468 e. The van der Waals surface area contributed by atoms with Gasteiger partial charge in [0.05, 0.1) is 7.11 Å². The van der Waals surface area contributed by atoms with Crippen LogP contribution in [0.25, 0.3) is 0 Å². The highest BCUT2D eigenvalue weighted by Gasteiger charge is 2.30. The third kappa shape index (κ3) is 3.44. The van der Waals surface area contributed by atoms with Crippen LogP contribution < -0.4 is 5.32 Å². The second kappa shape index (κ2) is 6.58. The van der Waals surface area contributed by atoms with Crippen molar-refractivity contribution in [2.24, 2.45) is 0 Å². The van der Waals surface area contributed by atoms with Gasteiger partial charge in [-0.3, -0.25) is 4.90 Å². The Hall–Kier alpha value is -1.39. The molecule has 1 heterocycles. The Balaban J connectivity index is 1.86. The number of esters is 1. The maximum absolute atomic E-state index is 12.3. The quantitative estimate of drug-likeness (QED) is 0.861. The van der Waals surface area contributed by atoms with Crippen LogP contribution in [0.2, 0.25) is 0 Å². The predicted molar refractivity (Wildman–Crippen MR) is 82.2 cm³/mol. The average Bonchev–Trinajstić information content (AvgIpc) is 3.35. The summed E-state index contributed by atoms with van der Waals surface area (Å²) in [5.41, 5.74) is 2.45. The second-order valence-corrected chi connectivity index (χ2v) is 6.01. The minimum absolute atomic E-state index is 0.148. The van der Waals surface area contributed by atoms with Gasteiger partial charge in [0.1, 0.15) is 6.04 Å². The summed E-state index contributed by atoms with van der Waals surface area (Å²) in [5, 5.41) is 3.39. The van der Waals surface area contributed by atoms with Gasteiger partial charge in [-0.1, -0.05) is 24.3 Å². The Bertz CT molecular complexity index is 491. The molecule has 0 aromatic heterocycles. The van der Waals surface area contributed by atoms with Gasteiger partial charge in [-0.15, -0.1) is 0 Å². The van der Waals surface area contributed by atoms with Gasteiger partial charge < -0.3 is 10.1 Å². The van der Waals surface area contributed by atoms with Gasteiger partial charge in [-0.25, -0.2) is 4.79 Å². The first kappa shape index (κ1) is 14.5. The summed E-state index contributed by atoms with van der Waals surface area (Å²) in [6.07, 6.45) is 3.62. The van der Waals surface area contributed by atoms with Crippen molar-refractivity contribution in [3.05, 3.63) is 35.4 Å². The molecular weight excluding hydrogens is 264 g/mol. The Morgan fingerprint density at radius 3 is 2.95 bits per heavy atom. The fourth-order valence-electron chi connectivity index (χ4n) is 3.13. The van der Waals surface area contributed by atoms with Crippen molar-refractivity contribution in [1.29, 1.82) is 0 Å². The largest absolute Gasteiger partial charge is 0.468 e. The molecule has 0 amide bonds. The molecule has 1 aliphatic heterocycles. The van der Waals surface area contributed by atoms with Crippen LogP contribution in [0.5, 0.6) is 0 Å². The number of nitrogens with zero attached hydrogens (tertiary/aromatic N) is 1. The molecule has 0 radical (unpaired) electrons. The molecule has 4 heteroatoms. The van der Waals surface area contributed by atoms with Gasteiger partial charge in [-0.2, -0.15) is 0 Å². The van der Waals surface area contributed by atoms with Crippen molar-refractivity contribution in [3.63, 3.8) is 0 Å². The normalized spacial score (nSPS) is 21.6. The Labute approximate surface area is 126 Å². The molecule has 114 valence electrons. The highest BCUT2D eigenvalue weighted by atomic mass is 16.5. The molecule has 21 heavy (non-hydrogen) atoms. The number of methoxy groups -OCH3 is 1. The average molecular weight is 288 g/mol. The Kier molecular flexibility index (Phi) is 4.56. The van der Waals surface area contributed by atoms with Crippen LogP contribution in [0, 0.1) is 0 Å². The van der Waals surface area contributed by atoms with Gasteiger partial charge in [0, 0.05) is 19.6 Å². The summed E-state index contributed by atoms with van der Waals surface area (Å²) < 4.78 is 5.08. The van der Waals surface area contributed by atoms with Gasteiger partial charge in [0.25, 0.3) is 0 Å². The third-order valence-corrected chi connectivity index (χ3v) is 4.44. The van der Waals surface area contributed by atoms with Crippen molar-refractivity contribution in [2.75, 3.05) is 33.3 Å². The lowest BCUT2D eigenvalue weighted by Gasteiger charge is -2.28. The molecule has 1 aromatic carbocycles. The summed E-state index contributed by atoms with van der Waals surface area (Å²) in [5.74, 6) is 0.555. The minimum atomic E-state index is -0.270. The van der Waals surface area contributed by atoms with Gasteiger partial charge in [0.15, 0.2) is 0 Å². The first-order valence-electron chi connectivity index (χ1n) is 7.92. The maximum atomic E-state index is 12.3. The third-order valence-electron chi connectivity index (χ3n) is 4.44. The first-order valence-corrected chi connectivity index (χ1v) is 7.92. The monoisotopic (exact) mass is 288 g/mol. The van der Waals surface area contributed by atoms with E-state index < -0.39 is 0 Å².